The molecule has 0 radical (unpaired) electrons. The average Bonchev–Trinajstić information content (AvgIpc) is 2.62. The van der Waals surface area contributed by atoms with Crippen LogP contribution in [-0.4, -0.2) is 35.7 Å². The third-order valence-electron chi connectivity index (χ3n) is 3.99. The number of hydrogen-bond donors (Lipinski definition) is 1. The van der Waals surface area contributed by atoms with Crippen molar-refractivity contribution in [2.75, 3.05) is 23.3 Å². The fraction of sp³-hybridized carbons (Fsp3) is 0.353. The molecule has 1 unspecified atom stereocenters. The van der Waals surface area contributed by atoms with Gasteiger partial charge in [0.15, 0.2) is 11.5 Å². The molecule has 0 bridgehead atoms. The number of anilines is 2. The molecule has 25 heavy (non-hydrogen) atoms. The van der Waals surface area contributed by atoms with Crippen LogP contribution in [0.4, 0.5) is 20.3 Å². The van der Waals surface area contributed by atoms with E-state index in [0.29, 0.717) is 5.82 Å². The number of benzene rings is 1. The summed E-state index contributed by atoms with van der Waals surface area (Å²) in [4.78, 5) is 10.3. The van der Waals surface area contributed by atoms with Crippen molar-refractivity contribution >= 4 is 11.5 Å². The number of nitrogens with zero attached hydrogens (tertiary/aromatic N) is 4. The molecule has 1 aromatic heterocycles. The lowest BCUT2D eigenvalue weighted by Gasteiger charge is -2.35. The van der Waals surface area contributed by atoms with E-state index in [-0.39, 0.29) is 17.5 Å². The molecule has 2 aromatic rings. The maximum atomic E-state index is 12.2. The highest BCUT2D eigenvalue weighted by atomic mass is 19.3. The van der Waals surface area contributed by atoms with E-state index in [4.69, 9.17) is 5.26 Å². The summed E-state index contributed by atoms with van der Waals surface area (Å²) in [6.45, 7) is -1.23. The lowest BCUT2D eigenvalue weighted by Crippen LogP contribution is -2.42. The molecule has 130 valence electrons. The first-order chi connectivity index (χ1) is 12.2. The van der Waals surface area contributed by atoms with Crippen LogP contribution in [0.5, 0.6) is 5.75 Å². The van der Waals surface area contributed by atoms with Crippen molar-refractivity contribution in [3.05, 3.63) is 42.4 Å². The van der Waals surface area contributed by atoms with Crippen LogP contribution in [0, 0.1) is 11.3 Å². The maximum absolute atomic E-state index is 12.2. The smallest absolute Gasteiger partial charge is 0.387 e. The third-order valence-corrected chi connectivity index (χ3v) is 3.99. The molecule has 1 saturated heterocycles. The largest absolute Gasteiger partial charge is 0.435 e. The van der Waals surface area contributed by atoms with Crippen LogP contribution in [0.15, 0.2) is 36.7 Å². The van der Waals surface area contributed by atoms with Gasteiger partial charge in [-0.3, -0.25) is 0 Å². The van der Waals surface area contributed by atoms with E-state index < -0.39 is 6.61 Å². The first kappa shape index (κ1) is 16.9. The number of ether oxygens (including phenoxy) is 1. The van der Waals surface area contributed by atoms with Gasteiger partial charge < -0.3 is 15.0 Å². The number of nitriles is 1. The zero-order valence-corrected chi connectivity index (χ0v) is 13.4. The van der Waals surface area contributed by atoms with Crippen molar-refractivity contribution in [3.63, 3.8) is 0 Å². The summed E-state index contributed by atoms with van der Waals surface area (Å²) < 4.78 is 28.8. The molecule has 0 aliphatic carbocycles. The SMILES string of the molecule is N#Cc1nccnc1NC1CCCN(c2ccc(OC(F)F)cc2)C1. The second-order valence-corrected chi connectivity index (χ2v) is 5.67. The Kier molecular flexibility index (Phi) is 5.23. The lowest BCUT2D eigenvalue weighted by atomic mass is 10.0. The molecule has 1 fully saturated rings. The lowest BCUT2D eigenvalue weighted by molar-refractivity contribution is -0.0498. The minimum absolute atomic E-state index is 0.120. The number of hydrogen-bond acceptors (Lipinski definition) is 6. The Morgan fingerprint density at radius 1 is 1.24 bits per heavy atom. The Morgan fingerprint density at radius 3 is 2.72 bits per heavy atom. The molecule has 8 heteroatoms. The average molecular weight is 345 g/mol. The Balaban J connectivity index is 1.66. The monoisotopic (exact) mass is 345 g/mol. The molecule has 1 aromatic carbocycles. The summed E-state index contributed by atoms with van der Waals surface area (Å²) in [5.41, 5.74) is 1.21. The van der Waals surface area contributed by atoms with E-state index in [9.17, 15) is 8.78 Å². The van der Waals surface area contributed by atoms with Gasteiger partial charge in [-0.2, -0.15) is 14.0 Å². The van der Waals surface area contributed by atoms with E-state index >= 15 is 0 Å². The molecule has 0 amide bonds. The molecule has 2 heterocycles. The third kappa shape index (κ3) is 4.32. The van der Waals surface area contributed by atoms with Gasteiger partial charge in [0, 0.05) is 37.2 Å². The molecule has 6 nitrogen and oxygen atoms in total. The van der Waals surface area contributed by atoms with Crippen molar-refractivity contribution in [1.29, 1.82) is 5.26 Å². The minimum Gasteiger partial charge on any atom is -0.435 e. The van der Waals surface area contributed by atoms with E-state index in [0.717, 1.165) is 31.6 Å². The van der Waals surface area contributed by atoms with Crippen molar-refractivity contribution in [1.82, 2.24) is 9.97 Å². The van der Waals surface area contributed by atoms with Gasteiger partial charge >= 0.3 is 6.61 Å². The van der Waals surface area contributed by atoms with Crippen molar-refractivity contribution in [2.24, 2.45) is 0 Å². The predicted molar refractivity (Wildman–Crippen MR) is 88.7 cm³/mol. The molecule has 1 aliphatic heterocycles. The zero-order valence-electron chi connectivity index (χ0n) is 13.4. The van der Waals surface area contributed by atoms with Gasteiger partial charge in [0.25, 0.3) is 0 Å². The summed E-state index contributed by atoms with van der Waals surface area (Å²) in [6, 6.07) is 8.75. The molecule has 0 saturated carbocycles. The van der Waals surface area contributed by atoms with Gasteiger partial charge in [-0.15, -0.1) is 0 Å². The van der Waals surface area contributed by atoms with Crippen LogP contribution in [0.3, 0.4) is 0 Å². The standard InChI is InChI=1S/C17H17F2N5O/c18-17(19)25-14-5-3-13(4-6-14)24-9-1-2-12(11-24)23-16-15(10-20)21-7-8-22-16/h3-8,12,17H,1-2,9,11H2,(H,22,23). The molecule has 1 N–H and O–H groups in total. The Labute approximate surface area is 144 Å². The highest BCUT2D eigenvalue weighted by molar-refractivity contribution is 5.51. The van der Waals surface area contributed by atoms with Gasteiger partial charge in [-0.1, -0.05) is 0 Å². The second-order valence-electron chi connectivity index (χ2n) is 5.67. The van der Waals surface area contributed by atoms with Crippen molar-refractivity contribution in [2.45, 2.75) is 25.5 Å². The number of aromatic nitrogens is 2. The number of piperidine rings is 1. The summed E-state index contributed by atoms with van der Waals surface area (Å²) in [5.74, 6) is 0.626. The summed E-state index contributed by atoms with van der Waals surface area (Å²) in [5, 5.41) is 12.4. The van der Waals surface area contributed by atoms with E-state index in [1.54, 1.807) is 18.3 Å². The number of halogens is 2. The molecule has 0 spiro atoms. The normalized spacial score (nSPS) is 17.2. The van der Waals surface area contributed by atoms with Crippen molar-refractivity contribution in [3.8, 4) is 11.8 Å². The van der Waals surface area contributed by atoms with Crippen LogP contribution in [0.25, 0.3) is 0 Å². The van der Waals surface area contributed by atoms with E-state index in [2.05, 4.69) is 24.9 Å². The fourth-order valence-electron chi connectivity index (χ4n) is 2.89. The molecular weight excluding hydrogens is 328 g/mol. The van der Waals surface area contributed by atoms with Gasteiger partial charge in [0.2, 0.25) is 0 Å². The summed E-state index contributed by atoms with van der Waals surface area (Å²) in [7, 11) is 0. The van der Waals surface area contributed by atoms with Crippen molar-refractivity contribution < 1.29 is 13.5 Å². The van der Waals surface area contributed by atoms with Crippen LogP contribution < -0.4 is 15.0 Å². The maximum Gasteiger partial charge on any atom is 0.387 e. The van der Waals surface area contributed by atoms with Crippen LogP contribution in [0.2, 0.25) is 0 Å². The number of alkyl halides is 2. The van der Waals surface area contributed by atoms with Crippen LogP contribution in [0.1, 0.15) is 18.5 Å². The van der Waals surface area contributed by atoms with Crippen LogP contribution >= 0.6 is 0 Å². The topological polar surface area (TPSA) is 74.1 Å². The van der Waals surface area contributed by atoms with Gasteiger partial charge in [0.05, 0.1) is 0 Å². The Hall–Kier alpha value is -2.95. The van der Waals surface area contributed by atoms with E-state index in [1.807, 2.05) is 6.07 Å². The summed E-state index contributed by atoms with van der Waals surface area (Å²) in [6.07, 6.45) is 4.95. The minimum atomic E-state index is -2.82. The summed E-state index contributed by atoms with van der Waals surface area (Å²) >= 11 is 0. The second kappa shape index (κ2) is 7.75. The highest BCUT2D eigenvalue weighted by Gasteiger charge is 2.21. The Morgan fingerprint density at radius 2 is 2.00 bits per heavy atom. The first-order valence-electron chi connectivity index (χ1n) is 7.93. The van der Waals surface area contributed by atoms with Gasteiger partial charge in [-0.25, -0.2) is 9.97 Å². The Bertz CT molecular complexity index is 747. The zero-order chi connectivity index (χ0) is 17.6. The first-order valence-corrected chi connectivity index (χ1v) is 7.93. The molecular formula is C17H17F2N5O. The molecule has 3 rings (SSSR count). The number of nitrogens with one attached hydrogen (secondary N) is 1. The quantitative estimate of drug-likeness (QED) is 0.898. The predicted octanol–water partition coefficient (Wildman–Crippen LogP) is 3.03. The van der Waals surface area contributed by atoms with Gasteiger partial charge in [-0.05, 0) is 37.1 Å². The number of rotatable bonds is 5. The highest BCUT2D eigenvalue weighted by Crippen LogP contribution is 2.25. The molecule has 1 atom stereocenters. The van der Waals surface area contributed by atoms with Crippen LogP contribution in [-0.2, 0) is 0 Å². The van der Waals surface area contributed by atoms with E-state index in [1.165, 1.54) is 18.3 Å². The van der Waals surface area contributed by atoms with Gasteiger partial charge in [0.1, 0.15) is 11.8 Å². The fourth-order valence-corrected chi connectivity index (χ4v) is 2.89. The molecule has 1 aliphatic rings.